The summed E-state index contributed by atoms with van der Waals surface area (Å²) in [7, 11) is 0. The number of hydrogen-bond acceptors (Lipinski definition) is 1. The minimum absolute atomic E-state index is 0.112. The van der Waals surface area contributed by atoms with E-state index in [1.165, 1.54) is 6.07 Å². The highest BCUT2D eigenvalue weighted by atomic mass is 19.4. The summed E-state index contributed by atoms with van der Waals surface area (Å²) in [5, 5.41) is 2.21. The molecule has 0 radical (unpaired) electrons. The summed E-state index contributed by atoms with van der Waals surface area (Å²) in [6.07, 6.45) is -3.96. The van der Waals surface area contributed by atoms with E-state index in [1.807, 2.05) is 0 Å². The zero-order valence-corrected chi connectivity index (χ0v) is 7.94. The lowest BCUT2D eigenvalue weighted by molar-refractivity contribution is -0.124. The Kier molecular flexibility index (Phi) is 4.08. The summed E-state index contributed by atoms with van der Waals surface area (Å²) >= 11 is 0. The highest BCUT2D eigenvalue weighted by molar-refractivity contribution is 5.17. The summed E-state index contributed by atoms with van der Waals surface area (Å²) < 4.78 is 48.2. The molecule has 0 aliphatic heterocycles. The second-order valence-corrected chi connectivity index (χ2v) is 3.13. The largest absolute Gasteiger partial charge is 0.401 e. The topological polar surface area (TPSA) is 12.0 Å². The molecule has 0 aliphatic carbocycles. The van der Waals surface area contributed by atoms with Crippen molar-refractivity contribution < 1.29 is 17.6 Å². The molecule has 0 saturated carbocycles. The van der Waals surface area contributed by atoms with Crippen LogP contribution in [0.2, 0.25) is 0 Å². The van der Waals surface area contributed by atoms with Gasteiger partial charge in [-0.1, -0.05) is 18.2 Å². The average Bonchev–Trinajstić information content (AvgIpc) is 2.13. The third kappa shape index (κ3) is 4.78. The molecule has 0 spiro atoms. The highest BCUT2D eigenvalue weighted by Gasteiger charge is 2.25. The fourth-order valence-electron chi connectivity index (χ4n) is 1.15. The van der Waals surface area contributed by atoms with E-state index in [2.05, 4.69) is 5.32 Å². The molecule has 0 bridgehead atoms. The van der Waals surface area contributed by atoms with E-state index in [0.717, 1.165) is 0 Å². The van der Waals surface area contributed by atoms with Crippen molar-refractivity contribution in [3.8, 4) is 0 Å². The minimum Gasteiger partial charge on any atom is -0.308 e. The Morgan fingerprint density at radius 2 is 1.80 bits per heavy atom. The second-order valence-electron chi connectivity index (χ2n) is 3.13. The van der Waals surface area contributed by atoms with Crippen molar-refractivity contribution >= 4 is 0 Å². The van der Waals surface area contributed by atoms with Crippen molar-refractivity contribution in [2.24, 2.45) is 0 Å². The summed E-state index contributed by atoms with van der Waals surface area (Å²) in [5.41, 5.74) is 0.423. The van der Waals surface area contributed by atoms with Crippen LogP contribution in [0.25, 0.3) is 0 Å². The first-order valence-corrected chi connectivity index (χ1v) is 4.50. The van der Waals surface area contributed by atoms with E-state index in [1.54, 1.807) is 18.2 Å². The molecule has 1 aromatic carbocycles. The van der Waals surface area contributed by atoms with Crippen molar-refractivity contribution in [3.63, 3.8) is 0 Å². The summed E-state index contributed by atoms with van der Waals surface area (Å²) in [5.74, 6) is -0.383. The maximum atomic E-state index is 13.0. The monoisotopic (exact) mass is 221 g/mol. The molecule has 1 aromatic rings. The Bertz CT molecular complexity index is 309. The van der Waals surface area contributed by atoms with E-state index in [9.17, 15) is 17.6 Å². The Labute approximate surface area is 85.1 Å². The van der Waals surface area contributed by atoms with Gasteiger partial charge in [-0.05, 0) is 24.6 Å². The number of halogens is 4. The molecule has 1 nitrogen and oxygen atoms in total. The van der Waals surface area contributed by atoms with Gasteiger partial charge in [0.25, 0.3) is 0 Å². The molecule has 0 aliphatic rings. The Morgan fingerprint density at radius 1 is 1.13 bits per heavy atom. The quantitative estimate of drug-likeness (QED) is 0.608. The molecule has 1 N–H and O–H groups in total. The van der Waals surface area contributed by atoms with Crippen LogP contribution in [0.4, 0.5) is 17.6 Å². The maximum absolute atomic E-state index is 13.0. The number of hydrogen-bond donors (Lipinski definition) is 1. The zero-order chi connectivity index (χ0) is 11.3. The van der Waals surface area contributed by atoms with Gasteiger partial charge < -0.3 is 5.32 Å². The molecule has 84 valence electrons. The van der Waals surface area contributed by atoms with Crippen LogP contribution in [-0.4, -0.2) is 19.3 Å². The Morgan fingerprint density at radius 3 is 2.40 bits per heavy atom. The minimum atomic E-state index is -4.21. The van der Waals surface area contributed by atoms with Crippen LogP contribution < -0.4 is 5.32 Å². The number of rotatable bonds is 4. The van der Waals surface area contributed by atoms with Crippen LogP contribution >= 0.6 is 0 Å². The normalized spacial score (nSPS) is 11.7. The molecule has 5 heteroatoms. The van der Waals surface area contributed by atoms with E-state index < -0.39 is 12.7 Å². The van der Waals surface area contributed by atoms with Gasteiger partial charge in [-0.2, -0.15) is 13.2 Å². The molecular formula is C10H11F4N. The fourth-order valence-corrected chi connectivity index (χ4v) is 1.15. The lowest BCUT2D eigenvalue weighted by atomic mass is 10.1. The van der Waals surface area contributed by atoms with Crippen LogP contribution in [0.1, 0.15) is 5.56 Å². The molecule has 0 amide bonds. The van der Waals surface area contributed by atoms with Crippen LogP contribution in [0.15, 0.2) is 24.3 Å². The van der Waals surface area contributed by atoms with Crippen LogP contribution in [0.3, 0.4) is 0 Å². The SMILES string of the molecule is Fc1ccccc1CCNCC(F)(F)F. The molecular weight excluding hydrogens is 210 g/mol. The molecule has 15 heavy (non-hydrogen) atoms. The van der Waals surface area contributed by atoms with Gasteiger partial charge >= 0.3 is 6.18 Å². The Hall–Kier alpha value is -1.10. The van der Waals surface area contributed by atoms with Crippen LogP contribution in [-0.2, 0) is 6.42 Å². The van der Waals surface area contributed by atoms with Gasteiger partial charge in [0.15, 0.2) is 0 Å². The van der Waals surface area contributed by atoms with Crippen LogP contribution in [0.5, 0.6) is 0 Å². The maximum Gasteiger partial charge on any atom is 0.401 e. The van der Waals surface area contributed by atoms with E-state index in [0.29, 0.717) is 5.56 Å². The first kappa shape index (κ1) is 12.0. The van der Waals surface area contributed by atoms with Crippen molar-refractivity contribution in [1.29, 1.82) is 0 Å². The molecule has 0 saturated heterocycles. The van der Waals surface area contributed by atoms with Gasteiger partial charge in [-0.15, -0.1) is 0 Å². The molecule has 0 fully saturated rings. The molecule has 0 aromatic heterocycles. The highest BCUT2D eigenvalue weighted by Crippen LogP contribution is 2.12. The standard InChI is InChI=1S/C10H11F4N/c11-9-4-2-1-3-8(9)5-6-15-7-10(12,13)14/h1-4,15H,5-7H2. The first-order chi connectivity index (χ1) is 6.99. The third-order valence-corrected chi connectivity index (χ3v) is 1.85. The first-order valence-electron chi connectivity index (χ1n) is 4.50. The summed E-state index contributed by atoms with van der Waals surface area (Å²) in [6, 6.07) is 6.05. The van der Waals surface area contributed by atoms with Gasteiger partial charge in [0.2, 0.25) is 0 Å². The smallest absolute Gasteiger partial charge is 0.308 e. The Balaban J connectivity index is 2.30. The van der Waals surface area contributed by atoms with Crippen molar-refractivity contribution in [1.82, 2.24) is 5.32 Å². The molecule has 0 heterocycles. The van der Waals surface area contributed by atoms with E-state index in [4.69, 9.17) is 0 Å². The van der Waals surface area contributed by atoms with Crippen molar-refractivity contribution in [3.05, 3.63) is 35.6 Å². The lowest BCUT2D eigenvalue weighted by Gasteiger charge is -2.08. The molecule has 0 unspecified atom stereocenters. The van der Waals surface area contributed by atoms with Gasteiger partial charge in [0.1, 0.15) is 5.82 Å². The van der Waals surface area contributed by atoms with Crippen molar-refractivity contribution in [2.45, 2.75) is 12.6 Å². The van der Waals surface area contributed by atoms with Gasteiger partial charge in [0.05, 0.1) is 6.54 Å². The molecule has 0 atom stereocenters. The number of nitrogens with one attached hydrogen (secondary N) is 1. The predicted octanol–water partition coefficient (Wildman–Crippen LogP) is 2.52. The average molecular weight is 221 g/mol. The van der Waals surface area contributed by atoms with E-state index >= 15 is 0 Å². The van der Waals surface area contributed by atoms with E-state index in [-0.39, 0.29) is 18.8 Å². The van der Waals surface area contributed by atoms with Gasteiger partial charge in [0, 0.05) is 0 Å². The van der Waals surface area contributed by atoms with Gasteiger partial charge in [-0.3, -0.25) is 0 Å². The second kappa shape index (κ2) is 5.11. The third-order valence-electron chi connectivity index (χ3n) is 1.85. The zero-order valence-electron chi connectivity index (χ0n) is 7.94. The predicted molar refractivity (Wildman–Crippen MR) is 49.0 cm³/mol. The molecule has 1 rings (SSSR count). The summed E-state index contributed by atoms with van der Waals surface area (Å²) in [4.78, 5) is 0. The lowest BCUT2D eigenvalue weighted by Crippen LogP contribution is -2.30. The number of alkyl halides is 3. The van der Waals surface area contributed by atoms with Gasteiger partial charge in [-0.25, -0.2) is 4.39 Å². The summed E-state index contributed by atoms with van der Waals surface area (Å²) in [6.45, 7) is -0.929. The number of benzene rings is 1. The van der Waals surface area contributed by atoms with Crippen molar-refractivity contribution in [2.75, 3.05) is 13.1 Å². The fraction of sp³-hybridized carbons (Fsp3) is 0.400. The van der Waals surface area contributed by atoms with Crippen LogP contribution in [0, 0.1) is 5.82 Å².